The maximum atomic E-state index is 11.3. The fraction of sp³-hybridized carbons (Fsp3) is 0.600. The summed E-state index contributed by atoms with van der Waals surface area (Å²) in [6, 6.07) is 0. The van der Waals surface area contributed by atoms with Crippen LogP contribution in [0.25, 0.3) is 0 Å². The Bertz CT molecular complexity index is 324. The van der Waals surface area contributed by atoms with Gasteiger partial charge in [0.05, 0.1) is 10.4 Å². The van der Waals surface area contributed by atoms with Gasteiger partial charge in [-0.05, 0) is 5.92 Å². The number of carboxylic acid groups (broad SMARTS) is 1. The number of hydrogen-bond donors (Lipinski definition) is 2. The summed E-state index contributed by atoms with van der Waals surface area (Å²) < 4.78 is 0. The van der Waals surface area contributed by atoms with Gasteiger partial charge in [-0.2, -0.15) is 0 Å². The molecular weight excluding hydrogens is 212 g/mol. The molecule has 0 bridgehead atoms. The van der Waals surface area contributed by atoms with E-state index >= 15 is 0 Å². The molecule has 1 rings (SSSR count). The highest BCUT2D eigenvalue weighted by atomic mass is 32.1. The first-order valence-electron chi connectivity index (χ1n) is 4.84. The van der Waals surface area contributed by atoms with Crippen molar-refractivity contribution in [3.63, 3.8) is 0 Å². The maximum Gasteiger partial charge on any atom is 0.311 e. The van der Waals surface area contributed by atoms with Gasteiger partial charge < -0.3 is 10.8 Å². The predicted molar refractivity (Wildman–Crippen MR) is 59.8 cm³/mol. The summed E-state index contributed by atoms with van der Waals surface area (Å²) in [5.41, 5.74) is 4.73. The predicted octanol–water partition coefficient (Wildman–Crippen LogP) is 1.37. The quantitative estimate of drug-likeness (QED) is 0.798. The van der Waals surface area contributed by atoms with Crippen molar-refractivity contribution in [2.45, 2.75) is 20.3 Å². The molecule has 1 heterocycles. The Morgan fingerprint density at radius 3 is 2.73 bits per heavy atom. The largest absolute Gasteiger partial charge is 0.481 e. The van der Waals surface area contributed by atoms with Crippen LogP contribution in [-0.2, 0) is 11.2 Å². The molecule has 3 N–H and O–H groups in total. The lowest BCUT2D eigenvalue weighted by molar-refractivity contribution is -0.151. The Kier molecular flexibility index (Phi) is 3.82. The Labute approximate surface area is 93.1 Å². The minimum atomic E-state index is -0.891. The van der Waals surface area contributed by atoms with Crippen LogP contribution in [0.2, 0.25) is 0 Å². The summed E-state index contributed by atoms with van der Waals surface area (Å²) in [4.78, 5) is 15.4. The molecule has 0 amide bonds. The lowest BCUT2D eigenvalue weighted by Gasteiger charge is -2.31. The molecule has 1 unspecified atom stereocenters. The Hall–Kier alpha value is -0.940. The highest BCUT2D eigenvalue weighted by Gasteiger charge is 2.41. The van der Waals surface area contributed by atoms with Gasteiger partial charge in [0.25, 0.3) is 0 Å². The normalized spacial score (nSPS) is 15.2. The minimum absolute atomic E-state index is 0.0103. The Morgan fingerprint density at radius 1 is 1.73 bits per heavy atom. The van der Waals surface area contributed by atoms with Crippen molar-refractivity contribution in [3.8, 4) is 0 Å². The van der Waals surface area contributed by atoms with E-state index in [0.717, 1.165) is 5.01 Å². The van der Waals surface area contributed by atoms with Gasteiger partial charge in [-0.3, -0.25) is 4.79 Å². The molecule has 0 saturated carbocycles. The van der Waals surface area contributed by atoms with Gasteiger partial charge in [0, 0.05) is 24.5 Å². The Morgan fingerprint density at radius 2 is 2.40 bits per heavy atom. The first-order valence-corrected chi connectivity index (χ1v) is 5.72. The third kappa shape index (κ3) is 2.35. The van der Waals surface area contributed by atoms with Gasteiger partial charge in [-0.15, -0.1) is 11.3 Å². The van der Waals surface area contributed by atoms with E-state index in [4.69, 9.17) is 5.73 Å². The smallest absolute Gasteiger partial charge is 0.311 e. The van der Waals surface area contributed by atoms with Crippen molar-refractivity contribution in [2.75, 3.05) is 6.54 Å². The first kappa shape index (κ1) is 12.1. The van der Waals surface area contributed by atoms with E-state index in [1.807, 2.05) is 19.2 Å². The van der Waals surface area contributed by atoms with Gasteiger partial charge in [0.1, 0.15) is 0 Å². The average Bonchev–Trinajstić information content (AvgIpc) is 2.65. The number of thiazole rings is 1. The second-order valence-corrected chi connectivity index (χ2v) is 4.90. The van der Waals surface area contributed by atoms with Gasteiger partial charge in [-0.25, -0.2) is 4.98 Å². The second-order valence-electron chi connectivity index (χ2n) is 3.92. The van der Waals surface area contributed by atoms with Crippen LogP contribution in [0.15, 0.2) is 11.6 Å². The standard InChI is InChI=1S/C10H16N2O2S/c1-7(2)10(6-11,9(13)14)5-8-12-3-4-15-8/h3-4,7H,5-6,11H2,1-2H3,(H,13,14). The number of aromatic nitrogens is 1. The van der Waals surface area contributed by atoms with Gasteiger partial charge in [0.15, 0.2) is 0 Å². The number of carboxylic acids is 1. The Balaban J connectivity index is 2.95. The van der Waals surface area contributed by atoms with E-state index in [-0.39, 0.29) is 12.5 Å². The van der Waals surface area contributed by atoms with Crippen LogP contribution in [0, 0.1) is 11.3 Å². The number of hydrogen-bond acceptors (Lipinski definition) is 4. The van der Waals surface area contributed by atoms with Gasteiger partial charge in [-0.1, -0.05) is 13.8 Å². The number of nitrogens with zero attached hydrogens (tertiary/aromatic N) is 1. The number of aliphatic carboxylic acids is 1. The molecule has 4 nitrogen and oxygen atoms in total. The van der Waals surface area contributed by atoms with Crippen LogP contribution in [0.5, 0.6) is 0 Å². The fourth-order valence-electron chi connectivity index (χ4n) is 1.53. The van der Waals surface area contributed by atoms with Crippen molar-refractivity contribution in [1.29, 1.82) is 0 Å². The molecular formula is C10H16N2O2S. The van der Waals surface area contributed by atoms with Crippen LogP contribution >= 0.6 is 11.3 Å². The molecule has 0 aliphatic heterocycles. The minimum Gasteiger partial charge on any atom is -0.481 e. The number of carbonyl (C=O) groups is 1. The number of rotatable bonds is 5. The lowest BCUT2D eigenvalue weighted by Crippen LogP contribution is -2.44. The zero-order valence-corrected chi connectivity index (χ0v) is 9.75. The number of nitrogens with two attached hydrogens (primary N) is 1. The molecule has 1 atom stereocenters. The van der Waals surface area contributed by atoms with Crippen LogP contribution in [0.1, 0.15) is 18.9 Å². The van der Waals surface area contributed by atoms with Crippen molar-refractivity contribution < 1.29 is 9.90 Å². The van der Waals surface area contributed by atoms with Crippen molar-refractivity contribution >= 4 is 17.3 Å². The molecule has 0 aliphatic rings. The van der Waals surface area contributed by atoms with Crippen molar-refractivity contribution in [2.24, 2.45) is 17.1 Å². The average molecular weight is 228 g/mol. The van der Waals surface area contributed by atoms with E-state index in [1.165, 1.54) is 11.3 Å². The summed E-state index contributed by atoms with van der Waals surface area (Å²) in [6.07, 6.45) is 2.09. The van der Waals surface area contributed by atoms with Crippen molar-refractivity contribution in [3.05, 3.63) is 16.6 Å². The topological polar surface area (TPSA) is 76.2 Å². The molecule has 1 aromatic rings. The maximum absolute atomic E-state index is 11.3. The SMILES string of the molecule is CC(C)C(CN)(Cc1nccs1)C(=O)O. The summed E-state index contributed by atoms with van der Waals surface area (Å²) in [7, 11) is 0. The lowest BCUT2D eigenvalue weighted by atomic mass is 9.74. The summed E-state index contributed by atoms with van der Waals surface area (Å²) in [5.74, 6) is -0.848. The van der Waals surface area contributed by atoms with Gasteiger partial charge >= 0.3 is 5.97 Å². The van der Waals surface area contributed by atoms with Crippen LogP contribution in [0.4, 0.5) is 0 Å². The summed E-state index contributed by atoms with van der Waals surface area (Å²) in [5, 5.41) is 12.0. The molecule has 0 aromatic carbocycles. The second kappa shape index (κ2) is 4.72. The molecule has 0 saturated heterocycles. The zero-order valence-electron chi connectivity index (χ0n) is 8.93. The van der Waals surface area contributed by atoms with E-state index in [9.17, 15) is 9.90 Å². The molecule has 84 valence electrons. The van der Waals surface area contributed by atoms with E-state index < -0.39 is 11.4 Å². The molecule has 0 radical (unpaired) electrons. The van der Waals surface area contributed by atoms with Crippen LogP contribution < -0.4 is 5.73 Å². The third-order valence-corrected chi connectivity index (χ3v) is 3.63. The summed E-state index contributed by atoms with van der Waals surface area (Å²) in [6.45, 7) is 3.91. The highest BCUT2D eigenvalue weighted by Crippen LogP contribution is 2.31. The zero-order chi connectivity index (χ0) is 11.5. The molecule has 5 heteroatoms. The molecule has 1 aromatic heterocycles. The van der Waals surface area contributed by atoms with Gasteiger partial charge in [0.2, 0.25) is 0 Å². The third-order valence-electron chi connectivity index (χ3n) is 2.85. The van der Waals surface area contributed by atoms with Crippen LogP contribution in [0.3, 0.4) is 0 Å². The van der Waals surface area contributed by atoms with E-state index in [0.29, 0.717) is 6.42 Å². The van der Waals surface area contributed by atoms with E-state index in [2.05, 4.69) is 4.98 Å². The van der Waals surface area contributed by atoms with Crippen LogP contribution in [-0.4, -0.2) is 22.6 Å². The first-order chi connectivity index (χ1) is 7.03. The van der Waals surface area contributed by atoms with E-state index in [1.54, 1.807) is 6.20 Å². The highest BCUT2D eigenvalue weighted by molar-refractivity contribution is 7.09. The fourth-order valence-corrected chi connectivity index (χ4v) is 2.27. The molecule has 0 aliphatic carbocycles. The molecule has 15 heavy (non-hydrogen) atoms. The monoisotopic (exact) mass is 228 g/mol. The summed E-state index contributed by atoms with van der Waals surface area (Å²) >= 11 is 1.47. The molecule has 0 fully saturated rings. The van der Waals surface area contributed by atoms with Crippen molar-refractivity contribution in [1.82, 2.24) is 4.98 Å². The molecule has 0 spiro atoms.